The van der Waals surface area contributed by atoms with E-state index < -0.39 is 0 Å². The van der Waals surface area contributed by atoms with E-state index in [4.69, 9.17) is 4.74 Å². The van der Waals surface area contributed by atoms with Gasteiger partial charge in [0.25, 0.3) is 5.91 Å². The number of piperazine rings is 1. The highest BCUT2D eigenvalue weighted by atomic mass is 35.5. The molecule has 1 fully saturated rings. The van der Waals surface area contributed by atoms with Gasteiger partial charge in [-0.25, -0.2) is 0 Å². The van der Waals surface area contributed by atoms with Gasteiger partial charge in [-0.3, -0.25) is 9.69 Å². The zero-order chi connectivity index (χ0) is 17.9. The second-order valence-corrected chi connectivity index (χ2v) is 6.25. The molecule has 1 saturated heterocycles. The number of nitrogens with one attached hydrogen (secondary N) is 2. The molecule has 0 radical (unpaired) electrons. The molecule has 1 aliphatic rings. The molecule has 2 N–H and O–H groups in total. The van der Waals surface area contributed by atoms with Crippen molar-refractivity contribution in [2.24, 2.45) is 0 Å². The molecular formula is C19H34Cl2N4O2. The summed E-state index contributed by atoms with van der Waals surface area (Å²) < 4.78 is 5.75. The molecule has 0 aliphatic carbocycles. The number of nitrogens with zero attached hydrogens (tertiary/aromatic N) is 2. The molecule has 1 amide bonds. The van der Waals surface area contributed by atoms with E-state index in [0.29, 0.717) is 18.7 Å². The maximum atomic E-state index is 12.2. The van der Waals surface area contributed by atoms with E-state index in [1.165, 1.54) is 0 Å². The van der Waals surface area contributed by atoms with E-state index in [9.17, 15) is 4.79 Å². The smallest absolute Gasteiger partial charge is 0.251 e. The van der Waals surface area contributed by atoms with Crippen molar-refractivity contribution in [1.29, 1.82) is 0 Å². The number of rotatable bonds is 10. The summed E-state index contributed by atoms with van der Waals surface area (Å²) in [6.45, 7) is 13.7. The van der Waals surface area contributed by atoms with E-state index in [1.807, 2.05) is 24.3 Å². The van der Waals surface area contributed by atoms with Crippen molar-refractivity contribution in [1.82, 2.24) is 20.4 Å². The quantitative estimate of drug-likeness (QED) is 0.604. The molecule has 2 rings (SSSR count). The SMILES string of the molecule is CCN(CC)CCOc1ccc(C(=O)NCCN2CCNCC2)cc1.Cl.Cl. The van der Waals surface area contributed by atoms with Crippen LogP contribution in [0.3, 0.4) is 0 Å². The highest BCUT2D eigenvalue weighted by Crippen LogP contribution is 2.12. The number of likely N-dealkylation sites (N-methyl/N-ethyl adjacent to an activating group) is 1. The molecule has 27 heavy (non-hydrogen) atoms. The van der Waals surface area contributed by atoms with E-state index in [-0.39, 0.29) is 30.7 Å². The van der Waals surface area contributed by atoms with Gasteiger partial charge in [-0.2, -0.15) is 0 Å². The average Bonchev–Trinajstić information content (AvgIpc) is 2.66. The standard InChI is InChI=1S/C19H32N4O2.2ClH/c1-3-22(4-2)15-16-25-18-7-5-17(6-8-18)19(24)21-11-14-23-12-9-20-10-13-23;;/h5-8,20H,3-4,9-16H2,1-2H3,(H,21,24);2*1H. The Bertz CT molecular complexity index is 507. The normalized spacial score (nSPS) is 14.2. The Morgan fingerprint density at radius 1 is 1.15 bits per heavy atom. The molecule has 0 saturated carbocycles. The number of halogens is 2. The van der Waals surface area contributed by atoms with Gasteiger partial charge in [0.2, 0.25) is 0 Å². The van der Waals surface area contributed by atoms with Crippen LogP contribution in [0.2, 0.25) is 0 Å². The molecule has 1 heterocycles. The molecule has 6 nitrogen and oxygen atoms in total. The van der Waals surface area contributed by atoms with Gasteiger partial charge in [-0.15, -0.1) is 24.8 Å². The zero-order valence-electron chi connectivity index (χ0n) is 16.4. The molecule has 8 heteroatoms. The largest absolute Gasteiger partial charge is 0.492 e. The highest BCUT2D eigenvalue weighted by molar-refractivity contribution is 5.94. The minimum absolute atomic E-state index is 0. The van der Waals surface area contributed by atoms with E-state index in [0.717, 1.165) is 58.1 Å². The fourth-order valence-electron chi connectivity index (χ4n) is 2.90. The number of carbonyl (C=O) groups excluding carboxylic acids is 1. The minimum atomic E-state index is -0.0233. The lowest BCUT2D eigenvalue weighted by Crippen LogP contribution is -2.46. The summed E-state index contributed by atoms with van der Waals surface area (Å²) in [5.74, 6) is 0.786. The zero-order valence-corrected chi connectivity index (χ0v) is 18.0. The van der Waals surface area contributed by atoms with Crippen LogP contribution in [0.1, 0.15) is 24.2 Å². The van der Waals surface area contributed by atoms with Crippen LogP contribution in [0.4, 0.5) is 0 Å². The number of hydrogen-bond acceptors (Lipinski definition) is 5. The average molecular weight is 421 g/mol. The van der Waals surface area contributed by atoms with Crippen molar-refractivity contribution in [3.8, 4) is 5.75 Å². The molecule has 0 unspecified atom stereocenters. The van der Waals surface area contributed by atoms with Gasteiger partial charge < -0.3 is 20.3 Å². The summed E-state index contributed by atoms with van der Waals surface area (Å²) in [5.41, 5.74) is 0.677. The Morgan fingerprint density at radius 3 is 2.37 bits per heavy atom. The Balaban J connectivity index is 0.00000338. The molecule has 0 atom stereocenters. The Hall–Kier alpha value is -1.05. The van der Waals surface area contributed by atoms with Crippen LogP contribution in [0.15, 0.2) is 24.3 Å². The Kier molecular flexibility index (Phi) is 14.4. The van der Waals surface area contributed by atoms with Gasteiger partial charge in [0.1, 0.15) is 12.4 Å². The second kappa shape index (κ2) is 14.9. The van der Waals surface area contributed by atoms with Crippen molar-refractivity contribution in [3.05, 3.63) is 29.8 Å². The lowest BCUT2D eigenvalue weighted by Gasteiger charge is -2.27. The van der Waals surface area contributed by atoms with Gasteiger partial charge in [-0.05, 0) is 37.4 Å². The first-order valence-electron chi connectivity index (χ1n) is 9.39. The lowest BCUT2D eigenvalue weighted by atomic mass is 10.2. The molecule has 156 valence electrons. The maximum Gasteiger partial charge on any atom is 0.251 e. The fraction of sp³-hybridized carbons (Fsp3) is 0.632. The molecular weight excluding hydrogens is 387 g/mol. The molecule has 0 bridgehead atoms. The summed E-state index contributed by atoms with van der Waals surface area (Å²) in [4.78, 5) is 16.9. The van der Waals surface area contributed by atoms with Crippen LogP contribution < -0.4 is 15.4 Å². The highest BCUT2D eigenvalue weighted by Gasteiger charge is 2.10. The van der Waals surface area contributed by atoms with Crippen molar-refractivity contribution < 1.29 is 9.53 Å². The van der Waals surface area contributed by atoms with Gasteiger partial charge in [0.05, 0.1) is 0 Å². The van der Waals surface area contributed by atoms with Gasteiger partial charge in [0.15, 0.2) is 0 Å². The van der Waals surface area contributed by atoms with Crippen LogP contribution >= 0.6 is 24.8 Å². The third-order valence-corrected chi connectivity index (χ3v) is 4.61. The van der Waals surface area contributed by atoms with Gasteiger partial charge >= 0.3 is 0 Å². The third kappa shape index (κ3) is 9.63. The molecule has 0 spiro atoms. The van der Waals surface area contributed by atoms with E-state index >= 15 is 0 Å². The van der Waals surface area contributed by atoms with Crippen LogP contribution in [0.25, 0.3) is 0 Å². The fourth-order valence-corrected chi connectivity index (χ4v) is 2.90. The van der Waals surface area contributed by atoms with Gasteiger partial charge in [-0.1, -0.05) is 13.8 Å². The van der Waals surface area contributed by atoms with E-state index in [1.54, 1.807) is 0 Å². The number of ether oxygens (including phenoxy) is 1. The lowest BCUT2D eigenvalue weighted by molar-refractivity contribution is 0.0947. The molecule has 1 aromatic carbocycles. The number of hydrogen-bond donors (Lipinski definition) is 2. The molecule has 0 aromatic heterocycles. The van der Waals surface area contributed by atoms with Crippen LogP contribution in [-0.4, -0.2) is 81.2 Å². The van der Waals surface area contributed by atoms with Crippen molar-refractivity contribution >= 4 is 30.7 Å². The first-order chi connectivity index (χ1) is 12.2. The van der Waals surface area contributed by atoms with Crippen molar-refractivity contribution in [3.63, 3.8) is 0 Å². The van der Waals surface area contributed by atoms with Crippen LogP contribution in [0.5, 0.6) is 5.75 Å². The summed E-state index contributed by atoms with van der Waals surface area (Å²) >= 11 is 0. The van der Waals surface area contributed by atoms with Crippen LogP contribution in [-0.2, 0) is 0 Å². The summed E-state index contributed by atoms with van der Waals surface area (Å²) in [5, 5.41) is 6.32. The predicted molar refractivity (Wildman–Crippen MR) is 116 cm³/mol. The Labute approximate surface area is 175 Å². The summed E-state index contributed by atoms with van der Waals surface area (Å²) in [6.07, 6.45) is 0. The van der Waals surface area contributed by atoms with Crippen molar-refractivity contribution in [2.45, 2.75) is 13.8 Å². The minimum Gasteiger partial charge on any atom is -0.492 e. The molecule has 1 aromatic rings. The Morgan fingerprint density at radius 2 is 1.78 bits per heavy atom. The topological polar surface area (TPSA) is 56.8 Å². The monoisotopic (exact) mass is 420 g/mol. The summed E-state index contributed by atoms with van der Waals surface area (Å²) in [7, 11) is 0. The van der Waals surface area contributed by atoms with Crippen molar-refractivity contribution in [2.75, 3.05) is 65.5 Å². The predicted octanol–water partition coefficient (Wildman–Crippen LogP) is 1.89. The molecule has 1 aliphatic heterocycles. The third-order valence-electron chi connectivity index (χ3n) is 4.61. The maximum absolute atomic E-state index is 12.2. The number of benzene rings is 1. The van der Waals surface area contributed by atoms with Gasteiger partial charge in [0, 0.05) is 51.4 Å². The summed E-state index contributed by atoms with van der Waals surface area (Å²) in [6, 6.07) is 7.39. The van der Waals surface area contributed by atoms with Crippen LogP contribution in [0, 0.1) is 0 Å². The number of amides is 1. The number of carbonyl (C=O) groups is 1. The first-order valence-corrected chi connectivity index (χ1v) is 9.39. The first kappa shape index (κ1) is 26.0. The van der Waals surface area contributed by atoms with E-state index in [2.05, 4.69) is 34.3 Å². The second-order valence-electron chi connectivity index (χ2n) is 6.25.